The van der Waals surface area contributed by atoms with Crippen LogP contribution in [0.3, 0.4) is 0 Å². The van der Waals surface area contributed by atoms with E-state index in [1.54, 1.807) is 13.8 Å². The Labute approximate surface area is 256 Å². The van der Waals surface area contributed by atoms with Gasteiger partial charge in [0.2, 0.25) is 29.5 Å². The molecule has 5 atom stereocenters. The molecule has 0 spiro atoms. The summed E-state index contributed by atoms with van der Waals surface area (Å²) in [4.78, 5) is 64.9. The number of allylic oxidation sites excluding steroid dienone is 1. The van der Waals surface area contributed by atoms with Crippen LogP contribution in [0.1, 0.15) is 98.3 Å². The summed E-state index contributed by atoms with van der Waals surface area (Å²) < 4.78 is 0. The predicted molar refractivity (Wildman–Crippen MR) is 166 cm³/mol. The summed E-state index contributed by atoms with van der Waals surface area (Å²) in [6, 6.07) is -3.81. The van der Waals surface area contributed by atoms with Gasteiger partial charge in [-0.25, -0.2) is 0 Å². The summed E-state index contributed by atoms with van der Waals surface area (Å²) in [6.45, 7) is 7.58. The Hall–Kier alpha value is -3.64. The number of rotatable bonds is 12. The van der Waals surface area contributed by atoms with Gasteiger partial charge in [0.05, 0.1) is 0 Å². The van der Waals surface area contributed by atoms with Crippen molar-refractivity contribution in [3.05, 3.63) is 12.2 Å². The van der Waals surface area contributed by atoms with Crippen molar-refractivity contribution in [2.45, 2.75) is 122 Å². The van der Waals surface area contributed by atoms with Gasteiger partial charge in [0, 0.05) is 13.0 Å². The fraction of sp³-hybridized carbons (Fsp3) is 0.733. The molecule has 10 N–H and O–H groups in total. The number of hydrogen-bond donors (Lipinski definition) is 8. The first-order chi connectivity index (χ1) is 20.4. The molecule has 0 radical (unpaired) electrons. The van der Waals surface area contributed by atoms with Crippen molar-refractivity contribution in [2.75, 3.05) is 6.54 Å². The molecule has 0 aliphatic carbocycles. The lowest BCUT2D eigenvalue weighted by Gasteiger charge is -2.28. The summed E-state index contributed by atoms with van der Waals surface area (Å²) in [7, 11) is 0. The second-order valence-corrected chi connectivity index (χ2v) is 11.7. The molecule has 0 unspecified atom stereocenters. The summed E-state index contributed by atoms with van der Waals surface area (Å²) in [5.74, 6) is -3.19. The van der Waals surface area contributed by atoms with E-state index in [-0.39, 0.29) is 43.1 Å². The molecule has 0 saturated heterocycles. The van der Waals surface area contributed by atoms with Crippen molar-refractivity contribution in [3.63, 3.8) is 0 Å². The Kier molecular flexibility index (Phi) is 17.6. The molecule has 5 amide bonds. The molecular weight excluding hydrogens is 552 g/mol. The maximum absolute atomic E-state index is 13.6. The molecule has 0 bridgehead atoms. The van der Waals surface area contributed by atoms with E-state index in [1.807, 2.05) is 26.0 Å². The van der Waals surface area contributed by atoms with Crippen molar-refractivity contribution in [2.24, 2.45) is 23.3 Å². The van der Waals surface area contributed by atoms with Gasteiger partial charge in [-0.15, -0.1) is 0 Å². The molecule has 43 heavy (non-hydrogen) atoms. The zero-order valence-electron chi connectivity index (χ0n) is 26.3. The van der Waals surface area contributed by atoms with Gasteiger partial charge in [0.1, 0.15) is 24.2 Å². The van der Waals surface area contributed by atoms with E-state index in [4.69, 9.17) is 16.9 Å². The predicted octanol–water partition coefficient (Wildman–Crippen LogP) is 1.07. The third-order valence-electron chi connectivity index (χ3n) is 7.65. The number of primary amides is 1. The molecule has 1 aliphatic rings. The highest BCUT2D eigenvalue weighted by atomic mass is 16.2. The molecule has 0 fully saturated rings. The Morgan fingerprint density at radius 2 is 1.67 bits per heavy atom. The van der Waals surface area contributed by atoms with Crippen molar-refractivity contribution in [1.29, 1.82) is 5.41 Å². The van der Waals surface area contributed by atoms with Gasteiger partial charge in [-0.3, -0.25) is 29.4 Å². The van der Waals surface area contributed by atoms with E-state index in [2.05, 4.69) is 26.6 Å². The van der Waals surface area contributed by atoms with Crippen LogP contribution in [0.25, 0.3) is 0 Å². The SMILES string of the molecule is CC[C@@H](C)[C@@H]1NC(=O)CCCCCCC/C=C/C[C@@H](C(=O)N[C@@H](CCCNC(=N)N)C(=O)N[C@H](C(N)=O)C(C)C)NC1=O. The number of hydrogen-bond acceptors (Lipinski definition) is 6. The van der Waals surface area contributed by atoms with E-state index >= 15 is 0 Å². The average molecular weight is 607 g/mol. The van der Waals surface area contributed by atoms with E-state index in [0.717, 1.165) is 38.5 Å². The minimum atomic E-state index is -1.05. The molecule has 1 rings (SSSR count). The van der Waals surface area contributed by atoms with E-state index in [9.17, 15) is 24.0 Å². The van der Waals surface area contributed by atoms with Crippen LogP contribution < -0.4 is 38.1 Å². The van der Waals surface area contributed by atoms with Crippen molar-refractivity contribution in [3.8, 4) is 0 Å². The van der Waals surface area contributed by atoms with Crippen LogP contribution in [-0.2, 0) is 24.0 Å². The second-order valence-electron chi connectivity index (χ2n) is 11.7. The lowest BCUT2D eigenvalue weighted by atomic mass is 9.97. The van der Waals surface area contributed by atoms with Gasteiger partial charge in [-0.1, -0.05) is 65.5 Å². The number of nitrogens with two attached hydrogens (primary N) is 2. The Bertz CT molecular complexity index is 970. The van der Waals surface area contributed by atoms with Gasteiger partial charge in [-0.05, 0) is 50.4 Å². The molecule has 0 aromatic carbocycles. The standard InChI is InChI=1S/C30H54N8O5/c1-5-20(4)25-29(43)36-21(15-12-10-8-6-7-9-11-13-17-23(39)37-25)27(41)35-22(16-14-18-34-30(32)33)28(42)38-24(19(2)3)26(31)40/h10,12,19-22,24-25H,5-9,11,13-18H2,1-4H3,(H2,31,40)(H,35,41)(H,36,43)(H,37,39)(H,38,42)(H4,32,33,34)/b12-10+/t20-,21+,22+,24+,25+/m1/s1. The molecular formula is C30H54N8O5. The van der Waals surface area contributed by atoms with Gasteiger partial charge in [0.15, 0.2) is 5.96 Å². The van der Waals surface area contributed by atoms with Crippen LogP contribution in [0.4, 0.5) is 0 Å². The van der Waals surface area contributed by atoms with E-state index < -0.39 is 47.8 Å². The maximum Gasteiger partial charge on any atom is 0.243 e. The number of carbonyl (C=O) groups excluding carboxylic acids is 5. The van der Waals surface area contributed by atoms with Gasteiger partial charge < -0.3 is 38.1 Å². The second kappa shape index (κ2) is 20.3. The summed E-state index contributed by atoms with van der Waals surface area (Å²) >= 11 is 0. The van der Waals surface area contributed by atoms with E-state index in [0.29, 0.717) is 19.3 Å². The zero-order chi connectivity index (χ0) is 32.4. The van der Waals surface area contributed by atoms with Crippen molar-refractivity contribution < 1.29 is 24.0 Å². The van der Waals surface area contributed by atoms with Crippen LogP contribution in [0, 0.1) is 17.2 Å². The summed E-state index contributed by atoms with van der Waals surface area (Å²) in [6.07, 6.45) is 11.1. The Balaban J connectivity index is 3.22. The molecule has 1 aliphatic heterocycles. The molecule has 0 aromatic heterocycles. The fourth-order valence-electron chi connectivity index (χ4n) is 4.76. The van der Waals surface area contributed by atoms with Gasteiger partial charge >= 0.3 is 0 Å². The van der Waals surface area contributed by atoms with Crippen LogP contribution in [0.5, 0.6) is 0 Å². The highest BCUT2D eigenvalue weighted by molar-refractivity contribution is 5.95. The summed E-state index contributed by atoms with van der Waals surface area (Å²) in [5, 5.41) is 21.0. The quantitative estimate of drug-likeness (QED) is 0.0698. The number of nitrogens with one attached hydrogen (secondary N) is 6. The Morgan fingerprint density at radius 1 is 1.00 bits per heavy atom. The zero-order valence-corrected chi connectivity index (χ0v) is 26.3. The lowest BCUT2D eigenvalue weighted by molar-refractivity contribution is -0.135. The minimum Gasteiger partial charge on any atom is -0.370 e. The number of guanidine groups is 1. The molecule has 13 heteroatoms. The fourth-order valence-corrected chi connectivity index (χ4v) is 4.76. The van der Waals surface area contributed by atoms with Gasteiger partial charge in [0.25, 0.3) is 0 Å². The van der Waals surface area contributed by atoms with E-state index in [1.165, 1.54) is 0 Å². The smallest absolute Gasteiger partial charge is 0.243 e. The molecule has 1 heterocycles. The third kappa shape index (κ3) is 14.9. The van der Waals surface area contributed by atoms with Crippen LogP contribution in [-0.4, -0.2) is 66.2 Å². The largest absolute Gasteiger partial charge is 0.370 e. The third-order valence-corrected chi connectivity index (χ3v) is 7.65. The first kappa shape index (κ1) is 37.4. The Morgan fingerprint density at radius 3 is 2.30 bits per heavy atom. The first-order valence-electron chi connectivity index (χ1n) is 15.6. The number of carbonyl (C=O) groups is 5. The van der Waals surface area contributed by atoms with Crippen LogP contribution >= 0.6 is 0 Å². The van der Waals surface area contributed by atoms with Crippen molar-refractivity contribution in [1.82, 2.24) is 26.6 Å². The molecule has 244 valence electrons. The van der Waals surface area contributed by atoms with Crippen molar-refractivity contribution >= 4 is 35.5 Å². The normalized spacial score (nSPS) is 21.8. The highest BCUT2D eigenvalue weighted by Crippen LogP contribution is 2.13. The first-order valence-corrected chi connectivity index (χ1v) is 15.6. The van der Waals surface area contributed by atoms with Crippen LogP contribution in [0.2, 0.25) is 0 Å². The highest BCUT2D eigenvalue weighted by Gasteiger charge is 2.32. The minimum absolute atomic E-state index is 0.170. The van der Waals surface area contributed by atoms with Gasteiger partial charge in [-0.2, -0.15) is 0 Å². The molecule has 0 saturated carbocycles. The summed E-state index contributed by atoms with van der Waals surface area (Å²) in [5.41, 5.74) is 10.8. The average Bonchev–Trinajstić information content (AvgIpc) is 2.94. The van der Waals surface area contributed by atoms with Crippen LogP contribution in [0.15, 0.2) is 12.2 Å². The molecule has 13 nitrogen and oxygen atoms in total. The topological polar surface area (TPSA) is 221 Å². The molecule has 0 aromatic rings. The maximum atomic E-state index is 13.6. The monoisotopic (exact) mass is 606 g/mol. The number of amides is 5. The lowest BCUT2D eigenvalue weighted by Crippen LogP contribution is -2.59.